The summed E-state index contributed by atoms with van der Waals surface area (Å²) < 4.78 is 37.5. The van der Waals surface area contributed by atoms with E-state index in [1.807, 2.05) is 6.92 Å². The fourth-order valence-electron chi connectivity index (χ4n) is 2.49. The van der Waals surface area contributed by atoms with Crippen LogP contribution in [0.1, 0.15) is 17.3 Å². The van der Waals surface area contributed by atoms with Gasteiger partial charge >= 0.3 is 0 Å². The highest BCUT2D eigenvalue weighted by atomic mass is 35.5. The minimum atomic E-state index is -3.75. The number of likely N-dealkylation sites (N-methyl/N-ethyl adjacent to an activating group) is 1. The molecule has 1 aromatic rings. The summed E-state index contributed by atoms with van der Waals surface area (Å²) in [5, 5.41) is 5.86. The molecule has 0 aromatic heterocycles. The molecule has 0 radical (unpaired) electrons. The number of benzene rings is 1. The van der Waals surface area contributed by atoms with Crippen LogP contribution >= 0.6 is 12.4 Å². The number of rotatable bonds is 8. The summed E-state index contributed by atoms with van der Waals surface area (Å²) in [5.74, 6) is -0.102. The first kappa shape index (κ1) is 22.7. The van der Waals surface area contributed by atoms with Crippen molar-refractivity contribution in [2.75, 3.05) is 53.0 Å². The van der Waals surface area contributed by atoms with Crippen molar-refractivity contribution in [1.29, 1.82) is 0 Å². The quantitative estimate of drug-likeness (QED) is 0.608. The highest BCUT2D eigenvalue weighted by Gasteiger charge is 2.30. The largest absolute Gasteiger partial charge is 0.495 e. The maximum absolute atomic E-state index is 12.9. The van der Waals surface area contributed by atoms with E-state index in [0.29, 0.717) is 26.3 Å². The van der Waals surface area contributed by atoms with E-state index in [4.69, 9.17) is 9.47 Å². The molecule has 1 aliphatic heterocycles. The van der Waals surface area contributed by atoms with E-state index in [-0.39, 0.29) is 47.6 Å². The Morgan fingerprint density at radius 2 is 1.96 bits per heavy atom. The molecule has 0 unspecified atom stereocenters. The number of nitrogens with zero attached hydrogens (tertiary/aromatic N) is 1. The number of methoxy groups -OCH3 is 1. The summed E-state index contributed by atoms with van der Waals surface area (Å²) in [5.41, 5.74) is 0.282. The molecular formula is C16H26ClN3O5S. The maximum Gasteiger partial charge on any atom is 0.251 e. The van der Waals surface area contributed by atoms with Gasteiger partial charge in [0.2, 0.25) is 10.0 Å². The van der Waals surface area contributed by atoms with Crippen LogP contribution in [-0.4, -0.2) is 71.7 Å². The maximum atomic E-state index is 12.9. The lowest BCUT2D eigenvalue weighted by Gasteiger charge is -2.26. The highest BCUT2D eigenvalue weighted by Crippen LogP contribution is 2.28. The second-order valence-corrected chi connectivity index (χ2v) is 7.40. The van der Waals surface area contributed by atoms with E-state index in [1.165, 1.54) is 23.5 Å². The van der Waals surface area contributed by atoms with Gasteiger partial charge < -0.3 is 20.1 Å². The summed E-state index contributed by atoms with van der Waals surface area (Å²) in [7, 11) is -2.35. The molecule has 2 rings (SSSR count). The number of amides is 1. The third-order valence-corrected chi connectivity index (χ3v) is 5.77. The fraction of sp³-hybridized carbons (Fsp3) is 0.562. The normalized spacial score (nSPS) is 15.2. The van der Waals surface area contributed by atoms with Crippen molar-refractivity contribution < 1.29 is 22.7 Å². The Balaban J connectivity index is 0.00000338. The van der Waals surface area contributed by atoms with Crippen molar-refractivity contribution in [2.45, 2.75) is 11.8 Å². The Morgan fingerprint density at radius 1 is 1.27 bits per heavy atom. The van der Waals surface area contributed by atoms with Crippen LogP contribution in [0.15, 0.2) is 23.1 Å². The van der Waals surface area contributed by atoms with E-state index in [9.17, 15) is 13.2 Å². The predicted molar refractivity (Wildman–Crippen MR) is 101 cm³/mol. The average Bonchev–Trinajstić information content (AvgIpc) is 2.65. The van der Waals surface area contributed by atoms with Gasteiger partial charge in [-0.2, -0.15) is 4.31 Å². The van der Waals surface area contributed by atoms with Crippen LogP contribution < -0.4 is 15.4 Å². The first-order chi connectivity index (χ1) is 12.0. The Morgan fingerprint density at radius 3 is 2.58 bits per heavy atom. The number of hydrogen-bond acceptors (Lipinski definition) is 6. The van der Waals surface area contributed by atoms with Crippen LogP contribution in [-0.2, 0) is 14.8 Å². The lowest BCUT2D eigenvalue weighted by molar-refractivity contribution is 0.0729. The Bertz CT molecular complexity index is 693. The Labute approximate surface area is 160 Å². The third kappa shape index (κ3) is 5.55. The van der Waals surface area contributed by atoms with Gasteiger partial charge in [0.15, 0.2) is 0 Å². The van der Waals surface area contributed by atoms with Gasteiger partial charge in [-0.05, 0) is 24.7 Å². The fourth-order valence-corrected chi connectivity index (χ4v) is 4.08. The summed E-state index contributed by atoms with van der Waals surface area (Å²) in [6.45, 7) is 5.18. The zero-order valence-electron chi connectivity index (χ0n) is 15.0. The van der Waals surface area contributed by atoms with Gasteiger partial charge in [-0.3, -0.25) is 4.79 Å². The van der Waals surface area contributed by atoms with Crippen molar-refractivity contribution in [1.82, 2.24) is 14.9 Å². The first-order valence-corrected chi connectivity index (χ1v) is 9.69. The topological polar surface area (TPSA) is 97.0 Å². The predicted octanol–water partition coefficient (Wildman–Crippen LogP) is 0.477. The smallest absolute Gasteiger partial charge is 0.251 e. The van der Waals surface area contributed by atoms with Crippen LogP contribution in [0.4, 0.5) is 0 Å². The molecule has 1 aromatic carbocycles. The standard InChI is InChI=1S/C16H25N3O5S.ClH/c1-3-17-6-7-18-16(20)13-4-5-14(23-2)15(12-13)25(21,22)19-8-10-24-11-9-19;/h4-5,12,17H,3,6-11H2,1-2H3,(H,18,20);1H. The molecule has 1 amide bonds. The molecule has 0 spiro atoms. The minimum Gasteiger partial charge on any atom is -0.495 e. The SMILES string of the molecule is CCNCCNC(=O)c1ccc(OC)c(S(=O)(=O)N2CCOCC2)c1.Cl. The van der Waals surface area contributed by atoms with E-state index < -0.39 is 10.0 Å². The number of nitrogens with one attached hydrogen (secondary N) is 2. The second-order valence-electron chi connectivity index (χ2n) is 5.49. The molecule has 10 heteroatoms. The Kier molecular flexibility index (Phi) is 9.31. The molecule has 2 N–H and O–H groups in total. The molecule has 0 bridgehead atoms. The molecule has 148 valence electrons. The van der Waals surface area contributed by atoms with Crippen LogP contribution in [0.5, 0.6) is 5.75 Å². The summed E-state index contributed by atoms with van der Waals surface area (Å²) in [4.78, 5) is 12.3. The lowest BCUT2D eigenvalue weighted by Crippen LogP contribution is -2.40. The zero-order valence-corrected chi connectivity index (χ0v) is 16.6. The summed E-state index contributed by atoms with van der Waals surface area (Å²) >= 11 is 0. The van der Waals surface area contributed by atoms with E-state index >= 15 is 0 Å². The molecule has 1 aliphatic rings. The molecule has 8 nitrogen and oxygen atoms in total. The van der Waals surface area contributed by atoms with Crippen molar-refractivity contribution in [3.63, 3.8) is 0 Å². The van der Waals surface area contributed by atoms with Gasteiger partial charge in [-0.1, -0.05) is 6.92 Å². The molecule has 1 saturated heterocycles. The van der Waals surface area contributed by atoms with Crippen molar-refractivity contribution >= 4 is 28.3 Å². The summed E-state index contributed by atoms with van der Waals surface area (Å²) in [6.07, 6.45) is 0. The molecular weight excluding hydrogens is 382 g/mol. The van der Waals surface area contributed by atoms with Crippen molar-refractivity contribution in [2.24, 2.45) is 0 Å². The van der Waals surface area contributed by atoms with Gasteiger partial charge in [0, 0.05) is 31.7 Å². The number of carbonyl (C=O) groups is 1. The number of ether oxygens (including phenoxy) is 2. The second kappa shape index (κ2) is 10.7. The van der Waals surface area contributed by atoms with Gasteiger partial charge in [0.05, 0.1) is 20.3 Å². The molecule has 26 heavy (non-hydrogen) atoms. The zero-order chi connectivity index (χ0) is 18.3. The third-order valence-electron chi connectivity index (χ3n) is 3.85. The van der Waals surface area contributed by atoms with Crippen LogP contribution in [0.2, 0.25) is 0 Å². The number of hydrogen-bond donors (Lipinski definition) is 2. The monoisotopic (exact) mass is 407 g/mol. The van der Waals surface area contributed by atoms with Crippen LogP contribution in [0.3, 0.4) is 0 Å². The van der Waals surface area contributed by atoms with Gasteiger partial charge in [-0.25, -0.2) is 8.42 Å². The van der Waals surface area contributed by atoms with Crippen molar-refractivity contribution in [3.8, 4) is 5.75 Å². The lowest BCUT2D eigenvalue weighted by atomic mass is 10.2. The average molecular weight is 408 g/mol. The molecule has 1 heterocycles. The Hall–Kier alpha value is -1.39. The van der Waals surface area contributed by atoms with E-state index in [1.54, 1.807) is 6.07 Å². The molecule has 0 saturated carbocycles. The molecule has 0 aliphatic carbocycles. The number of carbonyl (C=O) groups excluding carboxylic acids is 1. The number of morpholine rings is 1. The van der Waals surface area contributed by atoms with Crippen molar-refractivity contribution in [3.05, 3.63) is 23.8 Å². The highest BCUT2D eigenvalue weighted by molar-refractivity contribution is 7.89. The first-order valence-electron chi connectivity index (χ1n) is 8.25. The number of halogens is 1. The molecule has 0 atom stereocenters. The minimum absolute atomic E-state index is 0. The van der Waals surface area contributed by atoms with E-state index in [2.05, 4.69) is 10.6 Å². The van der Waals surface area contributed by atoms with Crippen LogP contribution in [0, 0.1) is 0 Å². The van der Waals surface area contributed by atoms with Gasteiger partial charge in [0.25, 0.3) is 5.91 Å². The number of sulfonamides is 1. The van der Waals surface area contributed by atoms with Crippen LogP contribution in [0.25, 0.3) is 0 Å². The molecule has 1 fully saturated rings. The van der Waals surface area contributed by atoms with E-state index in [0.717, 1.165) is 6.54 Å². The van der Waals surface area contributed by atoms with Gasteiger partial charge in [0.1, 0.15) is 10.6 Å². The summed E-state index contributed by atoms with van der Waals surface area (Å²) in [6, 6.07) is 4.43. The van der Waals surface area contributed by atoms with Gasteiger partial charge in [-0.15, -0.1) is 12.4 Å².